The Balaban J connectivity index is 1.34. The highest BCUT2D eigenvalue weighted by Gasteiger charge is 2.31. The number of pyridine rings is 1. The van der Waals surface area contributed by atoms with E-state index in [0.717, 1.165) is 47.4 Å². The molecule has 4 aromatic rings. The number of halogens is 3. The summed E-state index contributed by atoms with van der Waals surface area (Å²) in [5, 5.41) is 7.60. The van der Waals surface area contributed by atoms with Crippen LogP contribution in [0.5, 0.6) is 5.75 Å². The van der Waals surface area contributed by atoms with E-state index in [1.165, 1.54) is 12.1 Å². The summed E-state index contributed by atoms with van der Waals surface area (Å²) in [6, 6.07) is 9.55. The van der Waals surface area contributed by atoms with Gasteiger partial charge in [0.15, 0.2) is 0 Å². The first-order chi connectivity index (χ1) is 17.2. The molecule has 7 nitrogen and oxygen atoms in total. The predicted molar refractivity (Wildman–Crippen MR) is 128 cm³/mol. The van der Waals surface area contributed by atoms with Gasteiger partial charge in [-0.15, -0.1) is 13.2 Å². The van der Waals surface area contributed by atoms with Crippen molar-refractivity contribution in [2.45, 2.75) is 51.8 Å². The predicted octanol–water partition coefficient (Wildman–Crippen LogP) is 5.14. The van der Waals surface area contributed by atoms with Gasteiger partial charge in [-0.05, 0) is 74.1 Å². The Kier molecular flexibility index (Phi) is 6.19. The fourth-order valence-electron chi connectivity index (χ4n) is 4.86. The summed E-state index contributed by atoms with van der Waals surface area (Å²) in [4.78, 5) is 17.8. The van der Waals surface area contributed by atoms with Gasteiger partial charge in [0, 0.05) is 24.4 Å². The van der Waals surface area contributed by atoms with Crippen molar-refractivity contribution in [3.05, 3.63) is 77.0 Å². The summed E-state index contributed by atoms with van der Waals surface area (Å²) in [5.41, 5.74) is 5.81. The second-order valence-corrected chi connectivity index (χ2v) is 8.99. The molecule has 0 bridgehead atoms. The highest BCUT2D eigenvalue weighted by molar-refractivity contribution is 5.94. The molecule has 3 aromatic heterocycles. The zero-order chi connectivity index (χ0) is 25.4. The largest absolute Gasteiger partial charge is 0.573 e. The number of carbonyl (C=O) groups is 1. The van der Waals surface area contributed by atoms with Gasteiger partial charge in [-0.2, -0.15) is 5.10 Å². The Morgan fingerprint density at radius 2 is 1.97 bits per heavy atom. The third kappa shape index (κ3) is 4.67. The zero-order valence-corrected chi connectivity index (χ0v) is 20.0. The van der Waals surface area contributed by atoms with E-state index in [9.17, 15) is 18.0 Å². The van der Waals surface area contributed by atoms with Gasteiger partial charge in [0.2, 0.25) is 0 Å². The van der Waals surface area contributed by atoms with Crippen molar-refractivity contribution >= 4 is 11.6 Å². The molecule has 188 valence electrons. The molecule has 3 heterocycles. The summed E-state index contributed by atoms with van der Waals surface area (Å²) in [6.07, 6.45) is 2.26. The summed E-state index contributed by atoms with van der Waals surface area (Å²) >= 11 is 0. The van der Waals surface area contributed by atoms with Crippen molar-refractivity contribution in [1.29, 1.82) is 0 Å². The maximum atomic E-state index is 13.2. The van der Waals surface area contributed by atoms with Crippen LogP contribution >= 0.6 is 0 Å². The van der Waals surface area contributed by atoms with Crippen LogP contribution in [-0.4, -0.2) is 38.0 Å². The second-order valence-electron chi connectivity index (χ2n) is 8.99. The first-order valence-corrected chi connectivity index (χ1v) is 11.9. The molecular formula is C26H26F3N5O2. The van der Waals surface area contributed by atoms with Crippen molar-refractivity contribution in [1.82, 2.24) is 24.5 Å². The molecular weight excluding hydrogens is 471 g/mol. The van der Waals surface area contributed by atoms with E-state index in [2.05, 4.69) is 20.1 Å². The van der Waals surface area contributed by atoms with E-state index in [4.69, 9.17) is 0 Å². The van der Waals surface area contributed by atoms with Crippen molar-refractivity contribution in [2.75, 3.05) is 6.54 Å². The average molecular weight is 498 g/mol. The number of imidazole rings is 1. The van der Waals surface area contributed by atoms with Gasteiger partial charge in [-0.3, -0.25) is 9.20 Å². The second kappa shape index (κ2) is 9.33. The lowest BCUT2D eigenvalue weighted by Gasteiger charge is -2.23. The smallest absolute Gasteiger partial charge is 0.406 e. The number of fused-ring (bicyclic) bond motifs is 2. The quantitative estimate of drug-likeness (QED) is 0.400. The maximum Gasteiger partial charge on any atom is 0.573 e. The Morgan fingerprint density at radius 1 is 1.19 bits per heavy atom. The normalized spacial score (nSPS) is 15.6. The zero-order valence-electron chi connectivity index (χ0n) is 20.0. The van der Waals surface area contributed by atoms with E-state index in [1.54, 1.807) is 23.0 Å². The highest BCUT2D eigenvalue weighted by atomic mass is 19.4. The lowest BCUT2D eigenvalue weighted by atomic mass is 9.87. The minimum Gasteiger partial charge on any atom is -0.406 e. The third-order valence-electron chi connectivity index (χ3n) is 6.52. The van der Waals surface area contributed by atoms with E-state index in [1.807, 2.05) is 36.6 Å². The molecule has 1 aliphatic carbocycles. The van der Waals surface area contributed by atoms with Crippen molar-refractivity contribution in [3.63, 3.8) is 0 Å². The molecule has 1 aliphatic rings. The lowest BCUT2D eigenvalue weighted by molar-refractivity contribution is -0.274. The summed E-state index contributed by atoms with van der Waals surface area (Å²) in [6.45, 7) is 4.41. The summed E-state index contributed by atoms with van der Waals surface area (Å²) in [5.74, 6) is -0.350. The summed E-state index contributed by atoms with van der Waals surface area (Å²) < 4.78 is 45.0. The van der Waals surface area contributed by atoms with Gasteiger partial charge in [0.1, 0.15) is 17.1 Å². The molecule has 36 heavy (non-hydrogen) atoms. The average Bonchev–Trinajstić information content (AvgIpc) is 3.43. The van der Waals surface area contributed by atoms with E-state index in [-0.39, 0.29) is 17.6 Å². The number of ether oxygens (including phenoxy) is 1. The van der Waals surface area contributed by atoms with E-state index in [0.29, 0.717) is 24.3 Å². The number of hydrogen-bond acceptors (Lipinski definition) is 4. The van der Waals surface area contributed by atoms with Crippen LogP contribution < -0.4 is 10.1 Å². The molecule has 1 amide bonds. The first kappa shape index (κ1) is 23.9. The number of aryl methyl sites for hydroxylation is 2. The topological polar surface area (TPSA) is 73.5 Å². The molecule has 1 N–H and O–H groups in total. The van der Waals surface area contributed by atoms with Gasteiger partial charge in [-0.1, -0.05) is 13.0 Å². The van der Waals surface area contributed by atoms with Crippen LogP contribution in [0.3, 0.4) is 0 Å². The molecule has 1 atom stereocenters. The van der Waals surface area contributed by atoms with Crippen LogP contribution in [-0.2, 0) is 12.8 Å². The molecule has 0 aliphatic heterocycles. The van der Waals surface area contributed by atoms with Crippen molar-refractivity contribution in [3.8, 4) is 11.4 Å². The number of nitrogens with one attached hydrogen (secondary N) is 1. The minimum absolute atomic E-state index is 0.0882. The Labute approximate surface area is 205 Å². The molecule has 0 saturated heterocycles. The molecule has 1 aromatic carbocycles. The Bertz CT molecular complexity index is 1410. The molecule has 0 fully saturated rings. The van der Waals surface area contributed by atoms with E-state index < -0.39 is 6.36 Å². The van der Waals surface area contributed by atoms with Gasteiger partial charge >= 0.3 is 6.36 Å². The maximum absolute atomic E-state index is 13.2. The third-order valence-corrected chi connectivity index (χ3v) is 6.52. The standard InChI is InChI=1S/C26H26F3N5O2/c1-3-21-24(33-15-16(2)7-12-23(33)32-21)25(35)30-13-17-5-4-6-22-20(17)14-31-34(22)18-8-10-19(11-9-18)36-26(27,28)29/h7-12,14-15,17H,3-6,13H2,1-2H3,(H,30,35). The number of hydrogen-bond donors (Lipinski definition) is 1. The van der Waals surface area contributed by atoms with Crippen molar-refractivity contribution in [2.24, 2.45) is 0 Å². The minimum atomic E-state index is -4.73. The molecule has 0 saturated carbocycles. The lowest BCUT2D eigenvalue weighted by Crippen LogP contribution is -2.31. The number of amides is 1. The van der Waals surface area contributed by atoms with Crippen LogP contribution in [0.2, 0.25) is 0 Å². The van der Waals surface area contributed by atoms with Gasteiger partial charge in [0.25, 0.3) is 5.91 Å². The van der Waals surface area contributed by atoms with Crippen LogP contribution in [0.1, 0.15) is 58.7 Å². The highest BCUT2D eigenvalue weighted by Crippen LogP contribution is 2.33. The fraction of sp³-hybridized carbons (Fsp3) is 0.346. The van der Waals surface area contributed by atoms with E-state index >= 15 is 0 Å². The number of nitrogens with zero attached hydrogens (tertiary/aromatic N) is 4. The molecule has 0 radical (unpaired) electrons. The van der Waals surface area contributed by atoms with Crippen LogP contribution in [0.4, 0.5) is 13.2 Å². The first-order valence-electron chi connectivity index (χ1n) is 11.9. The molecule has 5 rings (SSSR count). The fourth-order valence-corrected chi connectivity index (χ4v) is 4.86. The SMILES string of the molecule is CCc1nc2ccc(C)cn2c1C(=O)NCC1CCCc2c1cnn2-c1ccc(OC(F)(F)F)cc1. The summed E-state index contributed by atoms with van der Waals surface area (Å²) in [7, 11) is 0. The van der Waals surface area contributed by atoms with Gasteiger partial charge < -0.3 is 10.1 Å². The molecule has 10 heteroatoms. The van der Waals surface area contributed by atoms with Crippen LogP contribution in [0.15, 0.2) is 48.8 Å². The monoisotopic (exact) mass is 497 g/mol. The van der Waals surface area contributed by atoms with Crippen LogP contribution in [0, 0.1) is 6.92 Å². The number of carbonyl (C=O) groups excluding carboxylic acids is 1. The van der Waals surface area contributed by atoms with Crippen LogP contribution in [0.25, 0.3) is 11.3 Å². The number of alkyl halides is 3. The van der Waals surface area contributed by atoms with Gasteiger partial charge in [0.05, 0.1) is 17.6 Å². The van der Waals surface area contributed by atoms with Crippen molar-refractivity contribution < 1.29 is 22.7 Å². The van der Waals surface area contributed by atoms with Gasteiger partial charge in [-0.25, -0.2) is 9.67 Å². The number of benzene rings is 1. The number of aromatic nitrogens is 4. The Morgan fingerprint density at radius 3 is 2.69 bits per heavy atom. The Hall–Kier alpha value is -3.82. The number of rotatable bonds is 6. The molecule has 0 spiro atoms. The molecule has 1 unspecified atom stereocenters.